The van der Waals surface area contributed by atoms with Gasteiger partial charge in [-0.1, -0.05) is 12.7 Å². The van der Waals surface area contributed by atoms with E-state index in [4.69, 9.17) is 15.3 Å². The number of alkyl carbamates (subject to hydrolysis) is 1. The van der Waals surface area contributed by atoms with Crippen molar-refractivity contribution < 1.29 is 24.5 Å². The number of nitrogens with one attached hydrogen (secondary N) is 2. The lowest BCUT2D eigenvalue weighted by atomic mass is 10.1. The molecular weight excluding hydrogens is 324 g/mol. The molecular formula is C18H26N2O5. The summed E-state index contributed by atoms with van der Waals surface area (Å²) >= 11 is 0. The van der Waals surface area contributed by atoms with E-state index < -0.39 is 29.0 Å². The van der Waals surface area contributed by atoms with E-state index in [1.165, 1.54) is 26.0 Å². The average molecular weight is 350 g/mol. The second-order valence-electron chi connectivity index (χ2n) is 6.49. The molecule has 0 radical (unpaired) electrons. The van der Waals surface area contributed by atoms with Gasteiger partial charge in [0.1, 0.15) is 16.9 Å². The van der Waals surface area contributed by atoms with Crippen LogP contribution < -0.4 is 5.32 Å². The quantitative estimate of drug-likeness (QED) is 0.251. The number of carbonyl (C=O) groups excluding carboxylic acids is 1. The van der Waals surface area contributed by atoms with Crippen LogP contribution in [0.3, 0.4) is 0 Å². The van der Waals surface area contributed by atoms with Crippen LogP contribution in [0.4, 0.5) is 4.79 Å². The Balaban J connectivity index is 5.62. The van der Waals surface area contributed by atoms with Crippen molar-refractivity contribution in [2.45, 2.75) is 47.1 Å². The Bertz CT molecular complexity index is 660. The van der Waals surface area contributed by atoms with Crippen molar-refractivity contribution in [3.05, 3.63) is 46.9 Å². The molecule has 0 aromatic carbocycles. The predicted molar refractivity (Wildman–Crippen MR) is 96.7 cm³/mol. The summed E-state index contributed by atoms with van der Waals surface area (Å²) in [4.78, 5) is 23.0. The van der Waals surface area contributed by atoms with E-state index in [1.54, 1.807) is 27.7 Å². The Morgan fingerprint density at radius 3 is 2.00 bits per heavy atom. The van der Waals surface area contributed by atoms with Gasteiger partial charge >= 0.3 is 12.1 Å². The molecule has 138 valence electrons. The van der Waals surface area contributed by atoms with E-state index >= 15 is 0 Å². The summed E-state index contributed by atoms with van der Waals surface area (Å²) in [6.07, 6.45) is 2.23. The number of carboxylic acids is 1. The maximum Gasteiger partial charge on any atom is 0.412 e. The number of aliphatic hydroxyl groups is 1. The van der Waals surface area contributed by atoms with Gasteiger partial charge in [0, 0.05) is 11.4 Å². The summed E-state index contributed by atoms with van der Waals surface area (Å²) in [6.45, 7) is 13.4. The summed E-state index contributed by atoms with van der Waals surface area (Å²) in [5.41, 5.74) is -0.305. The largest absolute Gasteiger partial charge is 0.507 e. The summed E-state index contributed by atoms with van der Waals surface area (Å²) in [5, 5.41) is 29.1. The van der Waals surface area contributed by atoms with Crippen LogP contribution in [0.5, 0.6) is 0 Å². The number of hydrogen-bond donors (Lipinski definition) is 4. The zero-order valence-corrected chi connectivity index (χ0v) is 15.5. The van der Waals surface area contributed by atoms with Crippen molar-refractivity contribution in [3.8, 4) is 0 Å². The third-order valence-electron chi connectivity index (χ3n) is 2.79. The van der Waals surface area contributed by atoms with E-state index in [0.717, 1.165) is 0 Å². The fourth-order valence-electron chi connectivity index (χ4n) is 1.63. The van der Waals surface area contributed by atoms with Gasteiger partial charge < -0.3 is 20.4 Å². The average Bonchev–Trinajstić information content (AvgIpc) is 2.39. The molecule has 0 unspecified atom stereocenters. The first-order valence-corrected chi connectivity index (χ1v) is 7.53. The van der Waals surface area contributed by atoms with E-state index in [1.807, 2.05) is 0 Å². The number of aliphatic hydroxyl groups excluding tert-OH is 1. The standard InChI is InChI=1S/C18H26N2O5/c1-10(2)13(20-17(24)25-18(5,6)7)9-8-11(3)15(21)14(12(4)19)16(22)23/h8-9,19,21H,1H2,2-7H3,(H,20,24)(H,22,23)/b11-8+,13-9+,15-14+,19-12?. The lowest BCUT2D eigenvalue weighted by Gasteiger charge is -2.20. The second kappa shape index (κ2) is 8.86. The number of rotatable bonds is 6. The fourth-order valence-corrected chi connectivity index (χ4v) is 1.63. The number of ether oxygens (including phenoxy) is 1. The minimum Gasteiger partial charge on any atom is -0.507 e. The lowest BCUT2D eigenvalue weighted by Crippen LogP contribution is -2.32. The third-order valence-corrected chi connectivity index (χ3v) is 2.79. The topological polar surface area (TPSA) is 120 Å². The summed E-state index contributed by atoms with van der Waals surface area (Å²) < 4.78 is 5.16. The number of carboxylic acid groups (broad SMARTS) is 1. The predicted octanol–water partition coefficient (Wildman–Crippen LogP) is 3.85. The van der Waals surface area contributed by atoms with Crippen LogP contribution in [0.2, 0.25) is 0 Å². The van der Waals surface area contributed by atoms with Crippen LogP contribution >= 0.6 is 0 Å². The summed E-state index contributed by atoms with van der Waals surface area (Å²) in [5.74, 6) is -1.91. The van der Waals surface area contributed by atoms with Crippen molar-refractivity contribution in [1.29, 1.82) is 5.41 Å². The number of allylic oxidation sites excluding steroid dienone is 4. The van der Waals surface area contributed by atoms with Crippen LogP contribution in [-0.2, 0) is 9.53 Å². The molecule has 25 heavy (non-hydrogen) atoms. The molecule has 0 saturated heterocycles. The van der Waals surface area contributed by atoms with Gasteiger partial charge in [-0.2, -0.15) is 0 Å². The van der Waals surface area contributed by atoms with Gasteiger partial charge in [0.2, 0.25) is 0 Å². The first-order valence-electron chi connectivity index (χ1n) is 7.53. The molecule has 1 amide bonds. The minimum absolute atomic E-state index is 0.216. The molecule has 0 bridgehead atoms. The molecule has 0 aromatic heterocycles. The Labute approximate surface area is 147 Å². The first kappa shape index (κ1) is 22.2. The molecule has 0 aliphatic carbocycles. The maximum absolute atomic E-state index is 11.8. The van der Waals surface area contributed by atoms with Crippen molar-refractivity contribution in [3.63, 3.8) is 0 Å². The number of hydrogen-bond acceptors (Lipinski definition) is 5. The molecule has 0 saturated carbocycles. The number of aliphatic carboxylic acids is 1. The van der Waals surface area contributed by atoms with E-state index in [0.29, 0.717) is 11.3 Å². The van der Waals surface area contributed by atoms with Gasteiger partial charge in [0.05, 0.1) is 0 Å². The molecule has 7 nitrogen and oxygen atoms in total. The molecule has 0 heterocycles. The van der Waals surface area contributed by atoms with Crippen LogP contribution in [-0.4, -0.2) is 33.6 Å². The van der Waals surface area contributed by atoms with E-state index in [9.17, 15) is 14.7 Å². The maximum atomic E-state index is 11.8. The molecule has 0 atom stereocenters. The van der Waals surface area contributed by atoms with Crippen molar-refractivity contribution in [2.24, 2.45) is 0 Å². The van der Waals surface area contributed by atoms with Crippen LogP contribution in [0, 0.1) is 5.41 Å². The minimum atomic E-state index is -1.39. The highest BCUT2D eigenvalue weighted by Crippen LogP contribution is 2.15. The van der Waals surface area contributed by atoms with Gasteiger partial charge in [-0.05, 0) is 58.8 Å². The van der Waals surface area contributed by atoms with Gasteiger partial charge in [-0.15, -0.1) is 0 Å². The van der Waals surface area contributed by atoms with Crippen molar-refractivity contribution in [2.75, 3.05) is 0 Å². The van der Waals surface area contributed by atoms with Gasteiger partial charge in [0.25, 0.3) is 0 Å². The molecule has 7 heteroatoms. The Morgan fingerprint density at radius 2 is 1.64 bits per heavy atom. The monoisotopic (exact) mass is 350 g/mol. The first-order chi connectivity index (χ1) is 11.3. The third kappa shape index (κ3) is 8.01. The number of amides is 1. The Hall–Kier alpha value is -2.83. The van der Waals surface area contributed by atoms with Crippen LogP contribution in [0.15, 0.2) is 46.9 Å². The lowest BCUT2D eigenvalue weighted by molar-refractivity contribution is -0.132. The van der Waals surface area contributed by atoms with Crippen LogP contribution in [0.1, 0.15) is 41.5 Å². The molecule has 0 rings (SSSR count). The smallest absolute Gasteiger partial charge is 0.412 e. The Morgan fingerprint density at radius 1 is 1.12 bits per heavy atom. The van der Waals surface area contributed by atoms with Crippen LogP contribution in [0.25, 0.3) is 0 Å². The zero-order valence-electron chi connectivity index (χ0n) is 15.5. The molecule has 0 aliphatic heterocycles. The molecule has 0 spiro atoms. The van der Waals surface area contributed by atoms with Crippen molar-refractivity contribution >= 4 is 17.8 Å². The normalized spacial score (nSPS) is 13.7. The zero-order chi connectivity index (χ0) is 19.9. The van der Waals surface area contributed by atoms with Gasteiger partial charge in [-0.3, -0.25) is 5.32 Å². The van der Waals surface area contributed by atoms with Gasteiger partial charge in [0.15, 0.2) is 0 Å². The highest BCUT2D eigenvalue weighted by Gasteiger charge is 2.18. The summed E-state index contributed by atoms with van der Waals surface area (Å²) in [7, 11) is 0. The fraction of sp³-hybridized carbons (Fsp3) is 0.389. The molecule has 4 N–H and O–H groups in total. The van der Waals surface area contributed by atoms with Crippen molar-refractivity contribution in [1.82, 2.24) is 5.32 Å². The molecule has 0 aromatic rings. The number of carbonyl (C=O) groups is 2. The highest BCUT2D eigenvalue weighted by atomic mass is 16.6. The second-order valence-corrected chi connectivity index (χ2v) is 6.49. The Kier molecular flexibility index (Phi) is 7.86. The summed E-state index contributed by atoms with van der Waals surface area (Å²) in [6, 6.07) is 0. The van der Waals surface area contributed by atoms with E-state index in [2.05, 4.69) is 11.9 Å². The van der Waals surface area contributed by atoms with E-state index in [-0.39, 0.29) is 11.3 Å². The molecule has 0 fully saturated rings. The SMILES string of the molecule is C=C(C)\C(=C/C=C(C)/C(O)=C(/C(C)=N)C(=O)O)NC(=O)OC(C)(C)C. The molecule has 0 aliphatic rings. The highest BCUT2D eigenvalue weighted by molar-refractivity contribution is 6.17. The van der Waals surface area contributed by atoms with Gasteiger partial charge in [-0.25, -0.2) is 9.59 Å².